The molecule has 0 bridgehead atoms. The third kappa shape index (κ3) is 5.13. The summed E-state index contributed by atoms with van der Waals surface area (Å²) in [4.78, 5) is 16.4. The van der Waals surface area contributed by atoms with E-state index in [2.05, 4.69) is 27.8 Å². The normalized spacial score (nSPS) is 10.8. The van der Waals surface area contributed by atoms with E-state index in [0.717, 1.165) is 24.0 Å². The summed E-state index contributed by atoms with van der Waals surface area (Å²) < 4.78 is 0.865. The van der Waals surface area contributed by atoms with E-state index in [1.165, 1.54) is 0 Å². The highest BCUT2D eigenvalue weighted by Crippen LogP contribution is 2.22. The number of nitrogens with zero attached hydrogens (tertiary/aromatic N) is 2. The quantitative estimate of drug-likeness (QED) is 0.786. The largest absolute Gasteiger partial charge is 0.337 e. The van der Waals surface area contributed by atoms with E-state index in [9.17, 15) is 4.79 Å². The molecule has 5 heteroatoms. The van der Waals surface area contributed by atoms with E-state index >= 15 is 0 Å². The second-order valence-electron chi connectivity index (χ2n) is 4.72. The van der Waals surface area contributed by atoms with Gasteiger partial charge in [-0.2, -0.15) is 0 Å². The smallest absolute Gasteiger partial charge is 0.255 e. The predicted molar refractivity (Wildman–Crippen MR) is 83.9 cm³/mol. The molecule has 0 spiro atoms. The van der Waals surface area contributed by atoms with Crippen molar-refractivity contribution >= 4 is 33.4 Å². The van der Waals surface area contributed by atoms with Gasteiger partial charge in [-0.15, -0.1) is 0 Å². The van der Waals surface area contributed by atoms with E-state index < -0.39 is 0 Å². The average Bonchev–Trinajstić information content (AvgIpc) is 2.36. The fourth-order valence-corrected chi connectivity index (χ4v) is 2.30. The van der Waals surface area contributed by atoms with Crippen molar-refractivity contribution in [3.63, 3.8) is 0 Å². The van der Waals surface area contributed by atoms with Crippen LogP contribution in [0.3, 0.4) is 0 Å². The van der Waals surface area contributed by atoms with Crippen molar-refractivity contribution in [2.45, 2.75) is 13.3 Å². The number of rotatable bonds is 6. The summed E-state index contributed by atoms with van der Waals surface area (Å²) >= 11 is 9.50. The molecule has 0 saturated carbocycles. The van der Waals surface area contributed by atoms with E-state index in [0.29, 0.717) is 17.1 Å². The van der Waals surface area contributed by atoms with Gasteiger partial charge in [0.1, 0.15) is 0 Å². The summed E-state index contributed by atoms with van der Waals surface area (Å²) in [6, 6.07) is 5.36. The molecule has 106 valence electrons. The zero-order valence-corrected chi connectivity index (χ0v) is 14.0. The van der Waals surface area contributed by atoms with Gasteiger partial charge in [0, 0.05) is 24.1 Å². The molecule has 0 N–H and O–H groups in total. The third-order valence-electron chi connectivity index (χ3n) is 2.76. The Kier molecular flexibility index (Phi) is 6.83. The first-order chi connectivity index (χ1) is 8.95. The van der Waals surface area contributed by atoms with E-state index in [1.807, 2.05) is 25.1 Å². The molecule has 19 heavy (non-hydrogen) atoms. The molecule has 1 amide bonds. The van der Waals surface area contributed by atoms with Crippen LogP contribution in [0, 0.1) is 0 Å². The lowest BCUT2D eigenvalue weighted by Gasteiger charge is -2.24. The molecular weight excluding hydrogens is 328 g/mol. The fraction of sp³-hybridized carbons (Fsp3) is 0.500. The molecule has 0 aromatic heterocycles. The molecule has 0 aliphatic heterocycles. The molecule has 3 nitrogen and oxygen atoms in total. The van der Waals surface area contributed by atoms with Gasteiger partial charge < -0.3 is 9.80 Å². The first kappa shape index (κ1) is 16.5. The topological polar surface area (TPSA) is 23.6 Å². The van der Waals surface area contributed by atoms with E-state index in [4.69, 9.17) is 11.6 Å². The maximum Gasteiger partial charge on any atom is 0.255 e. The number of carbonyl (C=O) groups is 1. The standard InChI is InChI=1S/C14H20BrClN2O/c1-4-7-18(9-8-17(2)3)14(19)12-10-11(15)5-6-13(12)16/h5-6,10H,4,7-9H2,1-3H3. The number of amides is 1. The van der Waals surface area contributed by atoms with Crippen molar-refractivity contribution in [1.82, 2.24) is 9.80 Å². The summed E-state index contributed by atoms with van der Waals surface area (Å²) in [6.45, 7) is 4.37. The minimum atomic E-state index is -0.00463. The van der Waals surface area contributed by atoms with Crippen molar-refractivity contribution in [2.24, 2.45) is 0 Å². The Morgan fingerprint density at radius 2 is 1.95 bits per heavy atom. The Morgan fingerprint density at radius 3 is 2.53 bits per heavy atom. The number of carbonyl (C=O) groups excluding carboxylic acids is 1. The summed E-state index contributed by atoms with van der Waals surface area (Å²) in [7, 11) is 4.00. The minimum Gasteiger partial charge on any atom is -0.337 e. The molecule has 0 unspecified atom stereocenters. The van der Waals surface area contributed by atoms with E-state index in [-0.39, 0.29) is 5.91 Å². The first-order valence-corrected chi connectivity index (χ1v) is 7.51. The van der Waals surface area contributed by atoms with Gasteiger partial charge in [0.05, 0.1) is 10.6 Å². The number of halogens is 2. The highest BCUT2D eigenvalue weighted by molar-refractivity contribution is 9.10. The van der Waals surface area contributed by atoms with Crippen LogP contribution in [0.15, 0.2) is 22.7 Å². The van der Waals surface area contributed by atoms with Crippen molar-refractivity contribution in [3.8, 4) is 0 Å². The van der Waals surface area contributed by atoms with Crippen LogP contribution in [0.25, 0.3) is 0 Å². The maximum absolute atomic E-state index is 12.5. The van der Waals surface area contributed by atoms with Gasteiger partial charge in [-0.1, -0.05) is 34.5 Å². The summed E-state index contributed by atoms with van der Waals surface area (Å²) in [6.07, 6.45) is 0.935. The van der Waals surface area contributed by atoms with Crippen LogP contribution in [0.1, 0.15) is 23.7 Å². The molecule has 0 fully saturated rings. The summed E-state index contributed by atoms with van der Waals surface area (Å²) in [5.41, 5.74) is 0.559. The summed E-state index contributed by atoms with van der Waals surface area (Å²) in [5, 5.41) is 0.499. The van der Waals surface area contributed by atoms with Gasteiger partial charge in [-0.05, 0) is 38.7 Å². The fourth-order valence-electron chi connectivity index (χ4n) is 1.74. The Labute approximate surface area is 128 Å². The minimum absolute atomic E-state index is 0.00463. The van der Waals surface area contributed by atoms with Crippen LogP contribution < -0.4 is 0 Å². The number of hydrogen-bond donors (Lipinski definition) is 0. The molecule has 0 aliphatic carbocycles. The van der Waals surface area contributed by atoms with Crippen molar-refractivity contribution in [3.05, 3.63) is 33.3 Å². The number of likely N-dealkylation sites (N-methyl/N-ethyl adjacent to an activating group) is 1. The van der Waals surface area contributed by atoms with Gasteiger partial charge in [-0.25, -0.2) is 0 Å². The van der Waals surface area contributed by atoms with Gasteiger partial charge in [0.25, 0.3) is 5.91 Å². The zero-order chi connectivity index (χ0) is 14.4. The van der Waals surface area contributed by atoms with Crippen LogP contribution in [-0.4, -0.2) is 49.4 Å². The van der Waals surface area contributed by atoms with Crippen molar-refractivity contribution < 1.29 is 4.79 Å². The molecule has 0 radical (unpaired) electrons. The highest BCUT2D eigenvalue weighted by atomic mass is 79.9. The molecule has 0 atom stereocenters. The zero-order valence-electron chi connectivity index (χ0n) is 11.6. The molecule has 0 saturated heterocycles. The highest BCUT2D eigenvalue weighted by Gasteiger charge is 2.18. The molecule has 1 rings (SSSR count). The van der Waals surface area contributed by atoms with Gasteiger partial charge >= 0.3 is 0 Å². The lowest BCUT2D eigenvalue weighted by atomic mass is 10.2. The second kappa shape index (κ2) is 7.88. The number of benzene rings is 1. The third-order valence-corrected chi connectivity index (χ3v) is 3.58. The van der Waals surface area contributed by atoms with Crippen LogP contribution >= 0.6 is 27.5 Å². The SMILES string of the molecule is CCCN(CCN(C)C)C(=O)c1cc(Br)ccc1Cl. The first-order valence-electron chi connectivity index (χ1n) is 6.34. The van der Waals surface area contributed by atoms with Gasteiger partial charge in [0.2, 0.25) is 0 Å². The Morgan fingerprint density at radius 1 is 1.26 bits per heavy atom. The van der Waals surface area contributed by atoms with E-state index in [1.54, 1.807) is 12.1 Å². The lowest BCUT2D eigenvalue weighted by Crippen LogP contribution is -2.37. The predicted octanol–water partition coefficient (Wildman–Crippen LogP) is 3.52. The monoisotopic (exact) mass is 346 g/mol. The summed E-state index contributed by atoms with van der Waals surface area (Å²) in [5.74, 6) is -0.00463. The molecule has 0 aliphatic rings. The lowest BCUT2D eigenvalue weighted by molar-refractivity contribution is 0.0745. The van der Waals surface area contributed by atoms with Gasteiger partial charge in [0.15, 0.2) is 0 Å². The Balaban J connectivity index is 2.88. The Bertz CT molecular complexity index is 437. The van der Waals surface area contributed by atoms with Crippen molar-refractivity contribution in [2.75, 3.05) is 33.7 Å². The van der Waals surface area contributed by atoms with Crippen molar-refractivity contribution in [1.29, 1.82) is 0 Å². The molecule has 1 aromatic rings. The van der Waals surface area contributed by atoms with Crippen LogP contribution in [-0.2, 0) is 0 Å². The van der Waals surface area contributed by atoms with Crippen LogP contribution in [0.5, 0.6) is 0 Å². The average molecular weight is 348 g/mol. The van der Waals surface area contributed by atoms with Gasteiger partial charge in [-0.3, -0.25) is 4.79 Å². The molecule has 1 aromatic carbocycles. The Hall–Kier alpha value is -0.580. The number of hydrogen-bond acceptors (Lipinski definition) is 2. The maximum atomic E-state index is 12.5. The molecular formula is C14H20BrClN2O. The van der Waals surface area contributed by atoms with Crippen LogP contribution in [0.4, 0.5) is 0 Å². The van der Waals surface area contributed by atoms with Crippen LogP contribution in [0.2, 0.25) is 5.02 Å². The second-order valence-corrected chi connectivity index (χ2v) is 6.04. The molecule has 0 heterocycles.